The third kappa shape index (κ3) is 3.38. The Labute approximate surface area is 115 Å². The molecule has 108 valence electrons. The van der Waals surface area contributed by atoms with Crippen molar-refractivity contribution < 1.29 is 12.8 Å². The fraction of sp³-hybridized carbons (Fsp3) is 0.692. The van der Waals surface area contributed by atoms with Gasteiger partial charge in [-0.1, -0.05) is 20.8 Å². The summed E-state index contributed by atoms with van der Waals surface area (Å²) in [6.07, 6.45) is 1.91. The third-order valence-corrected chi connectivity index (χ3v) is 5.05. The molecule has 0 radical (unpaired) electrons. The van der Waals surface area contributed by atoms with Crippen molar-refractivity contribution in [2.24, 2.45) is 0 Å². The number of hydrogen-bond donors (Lipinski definition) is 1. The summed E-state index contributed by atoms with van der Waals surface area (Å²) < 4.78 is 31.8. The van der Waals surface area contributed by atoms with E-state index in [1.165, 1.54) is 4.31 Å². The van der Waals surface area contributed by atoms with Gasteiger partial charge in [0.2, 0.25) is 5.09 Å². The van der Waals surface area contributed by atoms with E-state index < -0.39 is 10.0 Å². The zero-order valence-corrected chi connectivity index (χ0v) is 12.5. The van der Waals surface area contributed by atoms with Crippen LogP contribution in [0.25, 0.3) is 0 Å². The van der Waals surface area contributed by atoms with Gasteiger partial charge in [0, 0.05) is 18.6 Å². The Morgan fingerprint density at radius 2 is 2.11 bits per heavy atom. The maximum absolute atomic E-state index is 12.4. The molecule has 0 unspecified atom stereocenters. The molecule has 0 atom stereocenters. The highest BCUT2D eigenvalue weighted by molar-refractivity contribution is 7.89. The Hall–Kier alpha value is -0.850. The predicted molar refractivity (Wildman–Crippen MR) is 73.3 cm³/mol. The second-order valence-corrected chi connectivity index (χ2v) is 7.02. The number of rotatable bonds is 7. The van der Waals surface area contributed by atoms with Crippen molar-refractivity contribution in [1.82, 2.24) is 9.62 Å². The van der Waals surface area contributed by atoms with Gasteiger partial charge in [0.05, 0.1) is 6.54 Å². The van der Waals surface area contributed by atoms with Gasteiger partial charge in [-0.3, -0.25) is 0 Å². The van der Waals surface area contributed by atoms with E-state index in [0.717, 1.165) is 12.8 Å². The van der Waals surface area contributed by atoms with Gasteiger partial charge in [-0.15, -0.1) is 0 Å². The monoisotopic (exact) mass is 286 g/mol. The van der Waals surface area contributed by atoms with Crippen molar-refractivity contribution in [3.05, 3.63) is 17.9 Å². The van der Waals surface area contributed by atoms with Crippen molar-refractivity contribution in [3.8, 4) is 0 Å². The highest BCUT2D eigenvalue weighted by atomic mass is 32.2. The van der Waals surface area contributed by atoms with Gasteiger partial charge in [-0.05, 0) is 25.0 Å². The highest BCUT2D eigenvalue weighted by Crippen LogP contribution is 2.32. The zero-order chi connectivity index (χ0) is 14.0. The Morgan fingerprint density at radius 3 is 2.63 bits per heavy atom. The Balaban J connectivity index is 2.12. The summed E-state index contributed by atoms with van der Waals surface area (Å²) >= 11 is 0. The Bertz CT molecular complexity index is 518. The number of sulfonamides is 1. The van der Waals surface area contributed by atoms with Crippen LogP contribution in [0.1, 0.15) is 39.4 Å². The molecular formula is C13H22N2O3S. The molecule has 0 amide bonds. The molecule has 0 aromatic carbocycles. The highest BCUT2D eigenvalue weighted by Gasteiger charge is 2.38. The van der Waals surface area contributed by atoms with Crippen LogP contribution in [0.4, 0.5) is 0 Å². The molecule has 1 aliphatic rings. The summed E-state index contributed by atoms with van der Waals surface area (Å²) in [5, 5.41) is 3.26. The lowest BCUT2D eigenvalue weighted by molar-refractivity contribution is 0.362. The van der Waals surface area contributed by atoms with Crippen LogP contribution in [0.5, 0.6) is 0 Å². The smallest absolute Gasteiger partial charge is 0.276 e. The molecule has 0 aliphatic heterocycles. The van der Waals surface area contributed by atoms with E-state index in [1.807, 2.05) is 20.8 Å². The van der Waals surface area contributed by atoms with Gasteiger partial charge < -0.3 is 9.73 Å². The average Bonchev–Trinajstić information content (AvgIpc) is 3.04. The lowest BCUT2D eigenvalue weighted by atomic mass is 10.3. The topological polar surface area (TPSA) is 62.6 Å². The lowest BCUT2D eigenvalue weighted by Gasteiger charge is -2.17. The van der Waals surface area contributed by atoms with E-state index in [9.17, 15) is 8.42 Å². The van der Waals surface area contributed by atoms with Crippen LogP contribution in [-0.2, 0) is 16.6 Å². The largest absolute Gasteiger partial charge is 0.447 e. The summed E-state index contributed by atoms with van der Waals surface area (Å²) in [4.78, 5) is 0. The Kier molecular flexibility index (Phi) is 4.32. The van der Waals surface area contributed by atoms with Gasteiger partial charge in [0.15, 0.2) is 0 Å². The van der Waals surface area contributed by atoms with Crippen molar-refractivity contribution >= 4 is 10.0 Å². The van der Waals surface area contributed by atoms with Crippen LogP contribution in [-0.4, -0.2) is 31.4 Å². The summed E-state index contributed by atoms with van der Waals surface area (Å²) in [6, 6.07) is 3.78. The number of furan rings is 1. The van der Waals surface area contributed by atoms with Crippen molar-refractivity contribution in [2.45, 2.75) is 57.3 Å². The van der Waals surface area contributed by atoms with Crippen molar-refractivity contribution in [2.75, 3.05) is 6.54 Å². The minimum absolute atomic E-state index is 0.0572. The molecule has 0 spiro atoms. The molecular weight excluding hydrogens is 264 g/mol. The molecule has 2 rings (SSSR count). The molecule has 6 heteroatoms. The normalized spacial score (nSPS) is 16.5. The summed E-state index contributed by atoms with van der Waals surface area (Å²) in [6.45, 7) is 6.97. The first-order chi connectivity index (χ1) is 8.95. The molecule has 5 nitrogen and oxygen atoms in total. The van der Waals surface area contributed by atoms with Crippen LogP contribution in [0.2, 0.25) is 0 Å². The summed E-state index contributed by atoms with van der Waals surface area (Å²) in [5.74, 6) is 0.652. The van der Waals surface area contributed by atoms with E-state index in [1.54, 1.807) is 12.1 Å². The average molecular weight is 286 g/mol. The first kappa shape index (κ1) is 14.6. The fourth-order valence-corrected chi connectivity index (χ4v) is 3.63. The standard InChI is InChI=1S/C13H22N2O3S/c1-4-15(11-5-6-11)19(16,17)13-8-7-12(18-13)9-14-10(2)3/h7-8,10-11,14H,4-6,9H2,1-3H3. The molecule has 19 heavy (non-hydrogen) atoms. The van der Waals surface area contributed by atoms with Gasteiger partial charge in [-0.2, -0.15) is 4.31 Å². The maximum atomic E-state index is 12.4. The second kappa shape index (κ2) is 5.64. The van der Waals surface area contributed by atoms with Crippen LogP contribution in [0.3, 0.4) is 0 Å². The maximum Gasteiger partial charge on any atom is 0.276 e. The fourth-order valence-electron chi connectivity index (χ4n) is 2.00. The van der Waals surface area contributed by atoms with Crippen LogP contribution in [0.15, 0.2) is 21.6 Å². The zero-order valence-electron chi connectivity index (χ0n) is 11.7. The van der Waals surface area contributed by atoms with E-state index in [2.05, 4.69) is 5.32 Å². The molecule has 1 aromatic heterocycles. The van der Waals surface area contributed by atoms with Crippen LogP contribution >= 0.6 is 0 Å². The minimum atomic E-state index is -3.47. The van der Waals surface area contributed by atoms with Crippen molar-refractivity contribution in [3.63, 3.8) is 0 Å². The van der Waals surface area contributed by atoms with E-state index in [-0.39, 0.29) is 11.1 Å². The van der Waals surface area contributed by atoms with Gasteiger partial charge in [0.25, 0.3) is 10.0 Å². The number of nitrogens with zero attached hydrogens (tertiary/aromatic N) is 1. The van der Waals surface area contributed by atoms with Gasteiger partial charge in [0.1, 0.15) is 5.76 Å². The Morgan fingerprint density at radius 1 is 1.42 bits per heavy atom. The molecule has 0 saturated heterocycles. The molecule has 1 heterocycles. The molecule has 1 saturated carbocycles. The molecule has 1 N–H and O–H groups in total. The van der Waals surface area contributed by atoms with E-state index in [0.29, 0.717) is 24.9 Å². The molecule has 1 aliphatic carbocycles. The second-order valence-electron chi connectivity index (χ2n) is 5.20. The lowest BCUT2D eigenvalue weighted by Crippen LogP contribution is -2.32. The van der Waals surface area contributed by atoms with Gasteiger partial charge >= 0.3 is 0 Å². The molecule has 1 aromatic rings. The van der Waals surface area contributed by atoms with Crippen LogP contribution < -0.4 is 5.32 Å². The summed E-state index contributed by atoms with van der Waals surface area (Å²) in [7, 11) is -3.47. The number of hydrogen-bond acceptors (Lipinski definition) is 4. The van der Waals surface area contributed by atoms with Crippen molar-refractivity contribution in [1.29, 1.82) is 0 Å². The number of nitrogens with one attached hydrogen (secondary N) is 1. The summed E-state index contributed by atoms with van der Waals surface area (Å²) in [5.41, 5.74) is 0. The van der Waals surface area contributed by atoms with E-state index >= 15 is 0 Å². The first-order valence-electron chi connectivity index (χ1n) is 6.79. The quantitative estimate of drug-likeness (QED) is 0.832. The van der Waals surface area contributed by atoms with Gasteiger partial charge in [-0.25, -0.2) is 8.42 Å². The third-order valence-electron chi connectivity index (χ3n) is 3.15. The van der Waals surface area contributed by atoms with E-state index in [4.69, 9.17) is 4.42 Å². The molecule has 1 fully saturated rings. The SMILES string of the molecule is CCN(C1CC1)S(=O)(=O)c1ccc(CNC(C)C)o1. The minimum Gasteiger partial charge on any atom is -0.447 e. The first-order valence-corrected chi connectivity index (χ1v) is 8.23. The predicted octanol–water partition coefficient (Wildman–Crippen LogP) is 1.95. The van der Waals surface area contributed by atoms with Crippen LogP contribution in [0, 0.1) is 0 Å². The molecule has 0 bridgehead atoms.